The molecule has 186 valence electrons. The molecular weight excluding hydrogens is 505 g/mol. The molecule has 7 nitrogen and oxygen atoms in total. The quantitative estimate of drug-likeness (QED) is 0.315. The van der Waals surface area contributed by atoms with E-state index in [0.29, 0.717) is 22.7 Å². The molecule has 10 heteroatoms. The van der Waals surface area contributed by atoms with Crippen LogP contribution in [-0.2, 0) is 21.1 Å². The third-order valence-electron chi connectivity index (χ3n) is 5.29. The van der Waals surface area contributed by atoms with Crippen LogP contribution in [0.25, 0.3) is 5.69 Å². The van der Waals surface area contributed by atoms with Crippen LogP contribution in [0, 0.1) is 12.7 Å². The number of carbonyl (C=O) groups excluding carboxylic acids is 1. The molecule has 1 amide bonds. The average molecular weight is 528 g/mol. The van der Waals surface area contributed by atoms with Crippen LogP contribution >= 0.6 is 11.6 Å². The molecule has 4 rings (SSSR count). The van der Waals surface area contributed by atoms with Crippen molar-refractivity contribution >= 4 is 33.0 Å². The maximum Gasteiger partial charge on any atom is 0.228 e. The molecule has 0 fully saturated rings. The Labute approximate surface area is 213 Å². The standard InChI is InChI=1S/C26H23ClFN3O4S/c1-3-36(33,34)23-7-4-18(5-8-23)10-26(32)30-21-6-9-24(31-16-17(2)15-29-31)25(14-21)35-22-12-19(27)11-20(28)13-22/h4-9,11-16H,3,10H2,1-2H3,(H,30,32). The number of nitrogens with one attached hydrogen (secondary N) is 1. The lowest BCUT2D eigenvalue weighted by molar-refractivity contribution is -0.115. The van der Waals surface area contributed by atoms with Gasteiger partial charge in [0.05, 0.1) is 23.3 Å². The molecule has 4 aromatic rings. The highest BCUT2D eigenvalue weighted by Gasteiger charge is 2.14. The predicted molar refractivity (Wildman–Crippen MR) is 136 cm³/mol. The first kappa shape index (κ1) is 25.4. The lowest BCUT2D eigenvalue weighted by Crippen LogP contribution is -2.14. The Hall–Kier alpha value is -3.69. The molecule has 0 unspecified atom stereocenters. The summed E-state index contributed by atoms with van der Waals surface area (Å²) < 4.78 is 45.4. The van der Waals surface area contributed by atoms with Gasteiger partial charge in [-0.1, -0.05) is 30.7 Å². The summed E-state index contributed by atoms with van der Waals surface area (Å²) in [6.45, 7) is 3.48. The van der Waals surface area contributed by atoms with Gasteiger partial charge in [0.25, 0.3) is 0 Å². The molecule has 0 spiro atoms. The van der Waals surface area contributed by atoms with Gasteiger partial charge in [-0.05, 0) is 54.4 Å². The van der Waals surface area contributed by atoms with E-state index in [2.05, 4.69) is 10.4 Å². The summed E-state index contributed by atoms with van der Waals surface area (Å²) in [4.78, 5) is 12.9. The number of aryl methyl sites for hydroxylation is 1. The monoisotopic (exact) mass is 527 g/mol. The fourth-order valence-electron chi connectivity index (χ4n) is 3.49. The molecule has 0 aliphatic heterocycles. The van der Waals surface area contributed by atoms with E-state index in [-0.39, 0.29) is 33.7 Å². The van der Waals surface area contributed by atoms with Gasteiger partial charge in [0, 0.05) is 29.0 Å². The van der Waals surface area contributed by atoms with Gasteiger partial charge in [-0.25, -0.2) is 17.5 Å². The van der Waals surface area contributed by atoms with Gasteiger partial charge >= 0.3 is 0 Å². The van der Waals surface area contributed by atoms with Crippen LogP contribution in [-0.4, -0.2) is 29.9 Å². The van der Waals surface area contributed by atoms with Crippen molar-refractivity contribution in [2.24, 2.45) is 0 Å². The Bertz CT molecular complexity index is 1500. The molecule has 0 saturated heterocycles. The number of anilines is 1. The summed E-state index contributed by atoms with van der Waals surface area (Å²) >= 11 is 5.97. The van der Waals surface area contributed by atoms with Gasteiger partial charge in [-0.2, -0.15) is 5.10 Å². The molecule has 1 heterocycles. The zero-order valence-electron chi connectivity index (χ0n) is 19.5. The maximum atomic E-state index is 13.9. The van der Waals surface area contributed by atoms with E-state index >= 15 is 0 Å². The van der Waals surface area contributed by atoms with Crippen LogP contribution in [0.5, 0.6) is 11.5 Å². The Morgan fingerprint density at radius 1 is 1.11 bits per heavy atom. The largest absolute Gasteiger partial charge is 0.455 e. The minimum Gasteiger partial charge on any atom is -0.455 e. The predicted octanol–water partition coefficient (Wildman–Crippen LogP) is 5.74. The third kappa shape index (κ3) is 6.10. The van der Waals surface area contributed by atoms with Crippen LogP contribution in [0.4, 0.5) is 10.1 Å². The van der Waals surface area contributed by atoms with Gasteiger partial charge in [0.2, 0.25) is 5.91 Å². The number of nitrogens with zero attached hydrogens (tertiary/aromatic N) is 2. The van der Waals surface area contributed by atoms with Crippen LogP contribution in [0.1, 0.15) is 18.1 Å². The van der Waals surface area contributed by atoms with Crippen LogP contribution in [0.3, 0.4) is 0 Å². The van der Waals surface area contributed by atoms with Gasteiger partial charge in [0.1, 0.15) is 17.3 Å². The number of hydrogen-bond acceptors (Lipinski definition) is 5. The smallest absolute Gasteiger partial charge is 0.228 e. The second-order valence-corrected chi connectivity index (χ2v) is 10.8. The highest BCUT2D eigenvalue weighted by Crippen LogP contribution is 2.33. The molecule has 1 aromatic heterocycles. The summed E-state index contributed by atoms with van der Waals surface area (Å²) in [5.74, 6) is -0.324. The van der Waals surface area contributed by atoms with E-state index in [0.717, 1.165) is 5.56 Å². The van der Waals surface area contributed by atoms with Crippen LogP contribution in [0.2, 0.25) is 5.02 Å². The second kappa shape index (κ2) is 10.5. The first-order chi connectivity index (χ1) is 17.1. The fraction of sp³-hybridized carbons (Fsp3) is 0.154. The number of amides is 1. The van der Waals surface area contributed by atoms with E-state index in [1.54, 1.807) is 54.3 Å². The molecule has 0 aliphatic rings. The summed E-state index contributed by atoms with van der Waals surface area (Å²) in [6.07, 6.45) is 3.54. The number of carbonyl (C=O) groups is 1. The molecule has 0 atom stereocenters. The van der Waals surface area contributed by atoms with Crippen molar-refractivity contribution in [3.05, 3.63) is 95.0 Å². The molecular formula is C26H23ClFN3O4S. The van der Waals surface area contributed by atoms with Crippen molar-refractivity contribution in [2.75, 3.05) is 11.1 Å². The van der Waals surface area contributed by atoms with Crippen molar-refractivity contribution in [3.63, 3.8) is 0 Å². The zero-order valence-corrected chi connectivity index (χ0v) is 21.1. The van der Waals surface area contributed by atoms with Crippen molar-refractivity contribution in [2.45, 2.75) is 25.2 Å². The fourth-order valence-corrected chi connectivity index (χ4v) is 4.59. The maximum absolute atomic E-state index is 13.9. The minimum atomic E-state index is -3.31. The SMILES string of the molecule is CCS(=O)(=O)c1ccc(CC(=O)Nc2ccc(-n3cc(C)cn3)c(Oc3cc(F)cc(Cl)c3)c2)cc1. The number of hydrogen-bond donors (Lipinski definition) is 1. The molecule has 0 saturated carbocycles. The normalized spacial score (nSPS) is 11.3. The molecule has 1 N–H and O–H groups in total. The van der Waals surface area contributed by atoms with Gasteiger partial charge in [-0.15, -0.1) is 0 Å². The Kier molecular flexibility index (Phi) is 7.42. The van der Waals surface area contributed by atoms with Crippen molar-refractivity contribution in [3.8, 4) is 17.2 Å². The van der Waals surface area contributed by atoms with Gasteiger partial charge in [-0.3, -0.25) is 4.79 Å². The third-order valence-corrected chi connectivity index (χ3v) is 7.26. The van der Waals surface area contributed by atoms with E-state index in [4.69, 9.17) is 16.3 Å². The number of ether oxygens (including phenoxy) is 1. The second-order valence-electron chi connectivity index (χ2n) is 8.12. The highest BCUT2D eigenvalue weighted by atomic mass is 35.5. The van der Waals surface area contributed by atoms with E-state index in [1.165, 1.54) is 30.3 Å². The molecule has 0 radical (unpaired) electrons. The molecule has 0 bridgehead atoms. The minimum absolute atomic E-state index is 0.00710. The van der Waals surface area contributed by atoms with Crippen molar-refractivity contribution in [1.82, 2.24) is 9.78 Å². The highest BCUT2D eigenvalue weighted by molar-refractivity contribution is 7.91. The number of halogens is 2. The Morgan fingerprint density at radius 3 is 2.50 bits per heavy atom. The summed E-state index contributed by atoms with van der Waals surface area (Å²) in [6, 6.07) is 15.1. The van der Waals surface area contributed by atoms with Crippen LogP contribution < -0.4 is 10.1 Å². The lowest BCUT2D eigenvalue weighted by atomic mass is 10.1. The topological polar surface area (TPSA) is 90.3 Å². The van der Waals surface area contributed by atoms with Crippen molar-refractivity contribution in [1.29, 1.82) is 0 Å². The summed E-state index contributed by atoms with van der Waals surface area (Å²) in [5.41, 5.74) is 2.63. The Morgan fingerprint density at radius 2 is 1.86 bits per heavy atom. The average Bonchev–Trinajstić information content (AvgIpc) is 3.25. The molecule has 3 aromatic carbocycles. The summed E-state index contributed by atoms with van der Waals surface area (Å²) in [7, 11) is -3.31. The van der Waals surface area contributed by atoms with Gasteiger partial charge in [0.15, 0.2) is 15.6 Å². The molecule has 36 heavy (non-hydrogen) atoms. The number of rotatable bonds is 8. The van der Waals surface area contributed by atoms with E-state index in [9.17, 15) is 17.6 Å². The van der Waals surface area contributed by atoms with E-state index < -0.39 is 15.7 Å². The summed E-state index contributed by atoms with van der Waals surface area (Å²) in [5, 5.41) is 7.30. The first-order valence-corrected chi connectivity index (χ1v) is 13.1. The first-order valence-electron chi connectivity index (χ1n) is 11.0. The number of sulfone groups is 1. The number of benzene rings is 3. The Balaban J connectivity index is 1.56. The van der Waals surface area contributed by atoms with Crippen molar-refractivity contribution < 1.29 is 22.3 Å². The lowest BCUT2D eigenvalue weighted by Gasteiger charge is -2.14. The van der Waals surface area contributed by atoms with Gasteiger partial charge < -0.3 is 10.1 Å². The molecule has 0 aliphatic carbocycles. The van der Waals surface area contributed by atoms with E-state index in [1.807, 2.05) is 6.92 Å². The van der Waals surface area contributed by atoms with Crippen LogP contribution in [0.15, 0.2) is 78.0 Å². The number of aromatic nitrogens is 2. The zero-order chi connectivity index (χ0) is 25.9.